The van der Waals surface area contributed by atoms with E-state index in [1.807, 2.05) is 31.6 Å². The Hall–Kier alpha value is -0.910. The normalized spacial score (nSPS) is 22.0. The first kappa shape index (κ1) is 11.6. The molecule has 5 heteroatoms. The van der Waals surface area contributed by atoms with Crippen LogP contribution in [0.25, 0.3) is 0 Å². The molecule has 0 bridgehead atoms. The fourth-order valence-electron chi connectivity index (χ4n) is 1.87. The van der Waals surface area contributed by atoms with E-state index < -0.39 is 0 Å². The van der Waals surface area contributed by atoms with Crippen LogP contribution in [0.15, 0.2) is 17.5 Å². The molecule has 1 aliphatic heterocycles. The minimum Gasteiger partial charge on any atom is -0.313 e. The zero-order valence-electron chi connectivity index (χ0n) is 9.64. The lowest BCUT2D eigenvalue weighted by molar-refractivity contribution is -0.123. The number of likely N-dealkylation sites (N-methyl/N-ethyl adjacent to an activating group) is 2. The molecule has 1 amide bonds. The van der Waals surface area contributed by atoms with Gasteiger partial charge in [0.25, 0.3) is 0 Å². The van der Waals surface area contributed by atoms with Crippen LogP contribution in [0.1, 0.15) is 0 Å². The predicted molar refractivity (Wildman–Crippen MR) is 67.0 cm³/mol. The van der Waals surface area contributed by atoms with Crippen molar-refractivity contribution in [2.75, 3.05) is 38.6 Å². The van der Waals surface area contributed by atoms with Crippen LogP contribution >= 0.6 is 11.3 Å². The Bertz CT molecular complexity index is 352. The first-order chi connectivity index (χ1) is 7.70. The number of rotatable bonds is 2. The van der Waals surface area contributed by atoms with E-state index in [0.29, 0.717) is 0 Å². The first-order valence-corrected chi connectivity index (χ1v) is 6.30. The van der Waals surface area contributed by atoms with Crippen LogP contribution in [-0.4, -0.2) is 50.6 Å². The van der Waals surface area contributed by atoms with Crippen molar-refractivity contribution in [1.82, 2.24) is 10.2 Å². The van der Waals surface area contributed by atoms with Gasteiger partial charge in [0.1, 0.15) is 6.04 Å². The number of thiophene rings is 1. The molecule has 0 spiro atoms. The molecule has 1 fully saturated rings. The smallest absolute Gasteiger partial charge is 0.245 e. The lowest BCUT2D eigenvalue weighted by atomic mass is 10.2. The Balaban J connectivity index is 2.06. The summed E-state index contributed by atoms with van der Waals surface area (Å²) in [6, 6.07) is 3.90. The maximum absolute atomic E-state index is 12.3. The van der Waals surface area contributed by atoms with Gasteiger partial charge < -0.3 is 10.2 Å². The topological polar surface area (TPSA) is 35.6 Å². The van der Waals surface area contributed by atoms with E-state index in [-0.39, 0.29) is 11.9 Å². The number of hydrogen-bond acceptors (Lipinski definition) is 4. The molecule has 88 valence electrons. The van der Waals surface area contributed by atoms with Gasteiger partial charge in [-0.25, -0.2) is 0 Å². The standard InChI is InChI=1S/C11H17N3OS/c1-13-6-5-12-8-9(13)11(15)14(2)10-4-3-7-16-10/h3-4,7,9,12H,5-6,8H2,1-2H3. The molecule has 16 heavy (non-hydrogen) atoms. The van der Waals surface area contributed by atoms with Gasteiger partial charge in [0.2, 0.25) is 5.91 Å². The zero-order valence-corrected chi connectivity index (χ0v) is 10.5. The van der Waals surface area contributed by atoms with Crippen molar-refractivity contribution in [3.8, 4) is 0 Å². The summed E-state index contributed by atoms with van der Waals surface area (Å²) in [5.41, 5.74) is 0. The Morgan fingerprint density at radius 2 is 2.50 bits per heavy atom. The highest BCUT2D eigenvalue weighted by Crippen LogP contribution is 2.21. The number of amides is 1. The van der Waals surface area contributed by atoms with Crippen molar-refractivity contribution >= 4 is 22.2 Å². The Labute approximate surface area is 99.9 Å². The lowest BCUT2D eigenvalue weighted by Crippen LogP contribution is -2.56. The van der Waals surface area contributed by atoms with E-state index in [4.69, 9.17) is 0 Å². The van der Waals surface area contributed by atoms with E-state index in [1.165, 1.54) is 0 Å². The molecule has 1 atom stereocenters. The summed E-state index contributed by atoms with van der Waals surface area (Å²) in [6.07, 6.45) is 0. The second-order valence-corrected chi connectivity index (χ2v) is 4.98. The third kappa shape index (κ3) is 2.26. The van der Waals surface area contributed by atoms with Crippen LogP contribution < -0.4 is 10.2 Å². The third-order valence-electron chi connectivity index (χ3n) is 2.96. The highest BCUT2D eigenvalue weighted by Gasteiger charge is 2.28. The average Bonchev–Trinajstić information content (AvgIpc) is 2.81. The molecule has 1 aliphatic rings. The molecule has 0 saturated carbocycles. The van der Waals surface area contributed by atoms with Gasteiger partial charge in [-0.05, 0) is 24.6 Å². The summed E-state index contributed by atoms with van der Waals surface area (Å²) in [4.78, 5) is 16.1. The van der Waals surface area contributed by atoms with E-state index in [9.17, 15) is 4.79 Å². The molecule has 0 aliphatic carbocycles. The number of nitrogens with one attached hydrogen (secondary N) is 1. The van der Waals surface area contributed by atoms with Crippen molar-refractivity contribution in [1.29, 1.82) is 0 Å². The van der Waals surface area contributed by atoms with Gasteiger partial charge in [0.05, 0.1) is 5.00 Å². The zero-order chi connectivity index (χ0) is 11.5. The third-order valence-corrected chi connectivity index (χ3v) is 3.91. The highest BCUT2D eigenvalue weighted by molar-refractivity contribution is 7.14. The number of nitrogens with zero attached hydrogens (tertiary/aromatic N) is 2. The van der Waals surface area contributed by atoms with E-state index in [2.05, 4.69) is 10.2 Å². The van der Waals surface area contributed by atoms with Crippen LogP contribution in [0, 0.1) is 0 Å². The molecule has 1 aromatic heterocycles. The van der Waals surface area contributed by atoms with Gasteiger partial charge >= 0.3 is 0 Å². The molecule has 0 aromatic carbocycles. The van der Waals surface area contributed by atoms with E-state index in [1.54, 1.807) is 16.2 Å². The van der Waals surface area contributed by atoms with Crippen LogP contribution in [0.2, 0.25) is 0 Å². The van der Waals surface area contributed by atoms with Crippen molar-refractivity contribution in [3.05, 3.63) is 17.5 Å². The SMILES string of the molecule is CN(C(=O)C1CNCCN1C)c1cccs1. The number of piperazine rings is 1. The predicted octanol–water partition coefficient (Wildman–Crippen LogP) is 0.615. The Morgan fingerprint density at radius 3 is 3.12 bits per heavy atom. The Kier molecular flexibility index (Phi) is 3.58. The largest absolute Gasteiger partial charge is 0.313 e. The van der Waals surface area contributed by atoms with Gasteiger partial charge in [-0.2, -0.15) is 0 Å². The number of carbonyl (C=O) groups excluding carboxylic acids is 1. The average molecular weight is 239 g/mol. The van der Waals surface area contributed by atoms with Crippen molar-refractivity contribution in [2.45, 2.75) is 6.04 Å². The number of anilines is 1. The van der Waals surface area contributed by atoms with E-state index >= 15 is 0 Å². The van der Waals surface area contributed by atoms with Crippen molar-refractivity contribution < 1.29 is 4.79 Å². The molecular formula is C11H17N3OS. The van der Waals surface area contributed by atoms with Crippen LogP contribution in [0.5, 0.6) is 0 Å². The van der Waals surface area contributed by atoms with Crippen molar-refractivity contribution in [3.63, 3.8) is 0 Å². The number of hydrogen-bond donors (Lipinski definition) is 1. The molecule has 1 saturated heterocycles. The molecule has 2 heterocycles. The maximum atomic E-state index is 12.3. The minimum atomic E-state index is -0.0409. The minimum absolute atomic E-state index is 0.0409. The van der Waals surface area contributed by atoms with E-state index in [0.717, 1.165) is 24.6 Å². The van der Waals surface area contributed by atoms with Gasteiger partial charge in [-0.1, -0.05) is 0 Å². The summed E-state index contributed by atoms with van der Waals surface area (Å²) in [5, 5.41) is 6.25. The summed E-state index contributed by atoms with van der Waals surface area (Å²) < 4.78 is 0. The lowest BCUT2D eigenvalue weighted by Gasteiger charge is -2.34. The molecule has 4 nitrogen and oxygen atoms in total. The van der Waals surface area contributed by atoms with Crippen LogP contribution in [0.4, 0.5) is 5.00 Å². The summed E-state index contributed by atoms with van der Waals surface area (Å²) in [5.74, 6) is 0.164. The monoisotopic (exact) mass is 239 g/mol. The first-order valence-electron chi connectivity index (χ1n) is 5.42. The fourth-order valence-corrected chi connectivity index (χ4v) is 2.58. The number of carbonyl (C=O) groups is 1. The fraction of sp³-hybridized carbons (Fsp3) is 0.545. The van der Waals surface area contributed by atoms with Gasteiger partial charge in [0.15, 0.2) is 0 Å². The van der Waals surface area contributed by atoms with Gasteiger partial charge in [0, 0.05) is 26.7 Å². The second-order valence-electron chi connectivity index (χ2n) is 4.05. The second kappa shape index (κ2) is 4.95. The molecular weight excluding hydrogens is 222 g/mol. The van der Waals surface area contributed by atoms with Crippen LogP contribution in [0.3, 0.4) is 0 Å². The molecule has 1 aromatic rings. The Morgan fingerprint density at radius 1 is 1.69 bits per heavy atom. The molecule has 1 unspecified atom stereocenters. The molecule has 2 rings (SSSR count). The van der Waals surface area contributed by atoms with Gasteiger partial charge in [-0.15, -0.1) is 11.3 Å². The summed E-state index contributed by atoms with van der Waals surface area (Å²) >= 11 is 1.59. The highest BCUT2D eigenvalue weighted by atomic mass is 32.1. The molecule has 1 N–H and O–H groups in total. The summed E-state index contributed by atoms with van der Waals surface area (Å²) in [6.45, 7) is 2.63. The summed E-state index contributed by atoms with van der Waals surface area (Å²) in [7, 11) is 3.85. The molecule has 0 radical (unpaired) electrons. The van der Waals surface area contributed by atoms with Crippen LogP contribution in [-0.2, 0) is 4.79 Å². The van der Waals surface area contributed by atoms with Gasteiger partial charge in [-0.3, -0.25) is 9.69 Å². The maximum Gasteiger partial charge on any atom is 0.245 e. The van der Waals surface area contributed by atoms with Crippen molar-refractivity contribution in [2.24, 2.45) is 0 Å². The quantitative estimate of drug-likeness (QED) is 0.821.